The molecule has 2 aromatic carbocycles. The Balaban J connectivity index is 1.93. The lowest BCUT2D eigenvalue weighted by Crippen LogP contribution is -2.42. The van der Waals surface area contributed by atoms with Crippen molar-refractivity contribution in [2.75, 3.05) is 0 Å². The highest BCUT2D eigenvalue weighted by Crippen LogP contribution is 2.81. The summed E-state index contributed by atoms with van der Waals surface area (Å²) in [6, 6.07) is 22.0. The molecule has 1 nitrogen and oxygen atoms in total. The molecule has 2 unspecified atom stereocenters. The minimum atomic E-state index is -1.62. The maximum Gasteiger partial charge on any atom is 0.137 e. The van der Waals surface area contributed by atoms with Gasteiger partial charge in [0.1, 0.15) is 13.7 Å². The third kappa shape index (κ3) is 2.78. The van der Waals surface area contributed by atoms with Crippen LogP contribution in [0.25, 0.3) is 5.57 Å². The van der Waals surface area contributed by atoms with E-state index < -0.39 is 16.1 Å². The molecular formula is C24H32OSi2. The SMILES string of the molecule is C[Si](C)(C)C1=C(c2ccccc2)CC2([Si](C)(C)C)CC2(c2ccccc2)O1. The summed E-state index contributed by atoms with van der Waals surface area (Å²) in [6.45, 7) is 14.9. The number of ether oxygens (including phenoxy) is 1. The molecule has 0 bridgehead atoms. The van der Waals surface area contributed by atoms with Crippen LogP contribution in [0.3, 0.4) is 0 Å². The van der Waals surface area contributed by atoms with Crippen LogP contribution in [0.2, 0.25) is 44.3 Å². The Kier molecular flexibility index (Phi) is 4.14. The van der Waals surface area contributed by atoms with E-state index in [1.54, 1.807) is 0 Å². The topological polar surface area (TPSA) is 9.23 Å². The molecular weight excluding hydrogens is 360 g/mol. The summed E-state index contributed by atoms with van der Waals surface area (Å²) in [4.78, 5) is 0. The molecule has 142 valence electrons. The molecule has 1 heterocycles. The van der Waals surface area contributed by atoms with Crippen LogP contribution in [0, 0.1) is 0 Å². The first-order chi connectivity index (χ1) is 12.6. The second-order valence-corrected chi connectivity index (χ2v) is 20.8. The number of hydrogen-bond donors (Lipinski definition) is 0. The van der Waals surface area contributed by atoms with Crippen molar-refractivity contribution in [3.8, 4) is 0 Å². The number of benzene rings is 2. The normalized spacial score (nSPS) is 27.8. The van der Waals surface area contributed by atoms with Crippen LogP contribution in [0.15, 0.2) is 66.0 Å². The van der Waals surface area contributed by atoms with Gasteiger partial charge in [-0.25, -0.2) is 0 Å². The third-order valence-electron chi connectivity index (χ3n) is 6.71. The third-order valence-corrected chi connectivity index (χ3v) is 12.1. The van der Waals surface area contributed by atoms with Crippen molar-refractivity contribution in [3.63, 3.8) is 0 Å². The Morgan fingerprint density at radius 1 is 0.778 bits per heavy atom. The van der Waals surface area contributed by atoms with Gasteiger partial charge in [-0.15, -0.1) is 0 Å². The summed E-state index contributed by atoms with van der Waals surface area (Å²) < 4.78 is 7.17. The van der Waals surface area contributed by atoms with Crippen molar-refractivity contribution >= 4 is 21.7 Å². The summed E-state index contributed by atoms with van der Waals surface area (Å²) in [5.74, 6) is 0. The minimum absolute atomic E-state index is 0.105. The first-order valence-electron chi connectivity index (χ1n) is 10.1. The molecule has 0 amide bonds. The van der Waals surface area contributed by atoms with Crippen LogP contribution in [-0.2, 0) is 10.3 Å². The highest BCUT2D eigenvalue weighted by molar-refractivity contribution is 6.84. The molecule has 2 atom stereocenters. The van der Waals surface area contributed by atoms with Gasteiger partial charge < -0.3 is 4.74 Å². The van der Waals surface area contributed by atoms with Gasteiger partial charge in [-0.05, 0) is 29.5 Å². The van der Waals surface area contributed by atoms with E-state index in [0.717, 1.165) is 0 Å². The molecule has 2 aromatic rings. The smallest absolute Gasteiger partial charge is 0.137 e. The van der Waals surface area contributed by atoms with E-state index in [2.05, 4.69) is 99.9 Å². The first-order valence-corrected chi connectivity index (χ1v) is 17.1. The zero-order valence-electron chi connectivity index (χ0n) is 17.6. The molecule has 4 rings (SSSR count). The standard InChI is InChI=1S/C24H32OSi2/c1-26(2,3)22-21(19-13-9-7-10-14-19)17-23(27(4,5)6)18-24(23,25-22)20-15-11-8-12-16-20/h7-16H,17-18H2,1-6H3. The van der Waals surface area contributed by atoms with Gasteiger partial charge in [0, 0.05) is 5.04 Å². The van der Waals surface area contributed by atoms with Crippen LogP contribution in [0.4, 0.5) is 0 Å². The maximum atomic E-state index is 7.17. The molecule has 0 radical (unpaired) electrons. The van der Waals surface area contributed by atoms with Gasteiger partial charge in [0.05, 0.1) is 13.5 Å². The van der Waals surface area contributed by atoms with Crippen LogP contribution in [-0.4, -0.2) is 16.1 Å². The van der Waals surface area contributed by atoms with E-state index in [-0.39, 0.29) is 10.6 Å². The van der Waals surface area contributed by atoms with E-state index in [1.165, 1.54) is 34.9 Å². The van der Waals surface area contributed by atoms with Crippen molar-refractivity contribution in [1.29, 1.82) is 0 Å². The summed E-state index contributed by atoms with van der Waals surface area (Å²) in [5, 5.41) is 1.61. The zero-order chi connectivity index (χ0) is 19.5. The predicted molar refractivity (Wildman–Crippen MR) is 121 cm³/mol. The molecule has 1 aliphatic heterocycles. The fourth-order valence-electron chi connectivity index (χ4n) is 5.10. The van der Waals surface area contributed by atoms with Gasteiger partial charge in [0.2, 0.25) is 0 Å². The number of rotatable bonds is 4. The Morgan fingerprint density at radius 3 is 1.85 bits per heavy atom. The fourth-order valence-corrected chi connectivity index (χ4v) is 9.61. The lowest BCUT2D eigenvalue weighted by Gasteiger charge is -2.43. The molecule has 0 saturated heterocycles. The predicted octanol–water partition coefficient (Wildman–Crippen LogP) is 7.07. The molecule has 1 aliphatic carbocycles. The largest absolute Gasteiger partial charge is 0.491 e. The average Bonchev–Trinajstić information content (AvgIpc) is 3.33. The summed E-state index contributed by atoms with van der Waals surface area (Å²) in [7, 11) is -3.09. The summed E-state index contributed by atoms with van der Waals surface area (Å²) in [5.41, 5.74) is 4.13. The maximum absolute atomic E-state index is 7.17. The summed E-state index contributed by atoms with van der Waals surface area (Å²) >= 11 is 0. The van der Waals surface area contributed by atoms with Gasteiger partial charge in [-0.3, -0.25) is 0 Å². The van der Waals surface area contributed by atoms with E-state index in [0.29, 0.717) is 0 Å². The summed E-state index contributed by atoms with van der Waals surface area (Å²) in [6.07, 6.45) is 2.34. The molecule has 1 fully saturated rings. The number of allylic oxidation sites excluding steroid dienone is 1. The molecule has 1 saturated carbocycles. The van der Waals surface area contributed by atoms with Gasteiger partial charge in [-0.1, -0.05) is 99.9 Å². The van der Waals surface area contributed by atoms with Gasteiger partial charge in [-0.2, -0.15) is 0 Å². The highest BCUT2D eigenvalue weighted by atomic mass is 28.3. The van der Waals surface area contributed by atoms with E-state index in [9.17, 15) is 0 Å². The first kappa shape index (κ1) is 18.8. The highest BCUT2D eigenvalue weighted by Gasteiger charge is 2.77. The molecule has 2 aliphatic rings. The van der Waals surface area contributed by atoms with Crippen molar-refractivity contribution in [1.82, 2.24) is 0 Å². The van der Waals surface area contributed by atoms with E-state index in [4.69, 9.17) is 4.74 Å². The molecule has 3 heteroatoms. The van der Waals surface area contributed by atoms with Crippen molar-refractivity contribution in [2.45, 2.75) is 62.8 Å². The number of hydrogen-bond acceptors (Lipinski definition) is 1. The van der Waals surface area contributed by atoms with Gasteiger partial charge in [0.25, 0.3) is 0 Å². The van der Waals surface area contributed by atoms with Crippen LogP contribution >= 0.6 is 0 Å². The molecule has 0 N–H and O–H groups in total. The second-order valence-electron chi connectivity index (χ2n) is 10.4. The fraction of sp³-hybridized carbons (Fsp3) is 0.417. The zero-order valence-corrected chi connectivity index (χ0v) is 19.6. The monoisotopic (exact) mass is 392 g/mol. The van der Waals surface area contributed by atoms with Crippen LogP contribution < -0.4 is 0 Å². The quantitative estimate of drug-likeness (QED) is 0.505. The lowest BCUT2D eigenvalue weighted by molar-refractivity contribution is 0.0850. The minimum Gasteiger partial charge on any atom is -0.491 e. The Labute approximate surface area is 166 Å². The van der Waals surface area contributed by atoms with Crippen LogP contribution in [0.1, 0.15) is 24.0 Å². The van der Waals surface area contributed by atoms with Crippen LogP contribution in [0.5, 0.6) is 0 Å². The van der Waals surface area contributed by atoms with E-state index in [1.807, 2.05) is 0 Å². The second kappa shape index (κ2) is 5.95. The Bertz CT molecular complexity index is 874. The molecule has 0 aromatic heterocycles. The van der Waals surface area contributed by atoms with Gasteiger partial charge >= 0.3 is 0 Å². The van der Waals surface area contributed by atoms with Crippen molar-refractivity contribution in [3.05, 3.63) is 77.2 Å². The lowest BCUT2D eigenvalue weighted by atomic mass is 9.95. The Morgan fingerprint density at radius 2 is 1.33 bits per heavy atom. The van der Waals surface area contributed by atoms with Crippen molar-refractivity contribution in [2.24, 2.45) is 0 Å². The molecule has 0 spiro atoms. The Hall–Kier alpha value is -1.59. The molecule has 27 heavy (non-hydrogen) atoms. The van der Waals surface area contributed by atoms with Crippen molar-refractivity contribution < 1.29 is 4.74 Å². The van der Waals surface area contributed by atoms with Gasteiger partial charge in [0.15, 0.2) is 0 Å². The number of fused-ring (bicyclic) bond motifs is 1. The average molecular weight is 393 g/mol. The van der Waals surface area contributed by atoms with E-state index >= 15 is 0 Å².